The number of benzene rings is 1. The summed E-state index contributed by atoms with van der Waals surface area (Å²) in [5.74, 6) is -0.164. The summed E-state index contributed by atoms with van der Waals surface area (Å²) in [5, 5.41) is 0. The van der Waals surface area contributed by atoms with Gasteiger partial charge in [-0.05, 0) is 12.1 Å². The summed E-state index contributed by atoms with van der Waals surface area (Å²) < 4.78 is 35.9. The van der Waals surface area contributed by atoms with Crippen LogP contribution in [0.1, 0.15) is 13.3 Å². The minimum absolute atomic E-state index is 0.0126. The fourth-order valence-corrected chi connectivity index (χ4v) is 3.34. The minimum Gasteiger partial charge on any atom is -0.495 e. The van der Waals surface area contributed by atoms with E-state index in [0.717, 1.165) is 0 Å². The maximum atomic E-state index is 12.5. The Morgan fingerprint density at radius 3 is 2.45 bits per heavy atom. The van der Waals surface area contributed by atoms with E-state index in [1.54, 1.807) is 25.1 Å². The van der Waals surface area contributed by atoms with Crippen molar-refractivity contribution in [2.24, 2.45) is 0 Å². The molecule has 0 aliphatic carbocycles. The van der Waals surface area contributed by atoms with E-state index in [-0.39, 0.29) is 30.2 Å². The van der Waals surface area contributed by atoms with Gasteiger partial charge in [0.25, 0.3) is 0 Å². The zero-order valence-electron chi connectivity index (χ0n) is 11.8. The highest BCUT2D eigenvalue weighted by Gasteiger charge is 2.26. The lowest BCUT2D eigenvalue weighted by Crippen LogP contribution is -2.33. The molecular formula is C13H19NO5S. The van der Waals surface area contributed by atoms with Gasteiger partial charge in [0, 0.05) is 13.1 Å². The van der Waals surface area contributed by atoms with Crippen molar-refractivity contribution in [1.29, 1.82) is 0 Å². The van der Waals surface area contributed by atoms with Gasteiger partial charge in [-0.2, -0.15) is 4.31 Å². The van der Waals surface area contributed by atoms with E-state index in [2.05, 4.69) is 4.74 Å². The zero-order valence-corrected chi connectivity index (χ0v) is 12.6. The standard InChI is InChI=1S/C13H19NO5S/c1-4-14(10-9-13(15)19-3)20(16,17)12-8-6-5-7-11(12)18-2/h5-8H,4,9-10H2,1-3H3. The summed E-state index contributed by atoms with van der Waals surface area (Å²) in [6, 6.07) is 6.39. The van der Waals surface area contributed by atoms with Crippen molar-refractivity contribution in [3.63, 3.8) is 0 Å². The van der Waals surface area contributed by atoms with Crippen molar-refractivity contribution in [2.45, 2.75) is 18.2 Å². The van der Waals surface area contributed by atoms with Crippen LogP contribution in [0.2, 0.25) is 0 Å². The van der Waals surface area contributed by atoms with Crippen molar-refractivity contribution in [3.8, 4) is 5.75 Å². The molecule has 0 saturated carbocycles. The summed E-state index contributed by atoms with van der Waals surface area (Å²) in [4.78, 5) is 11.2. The highest BCUT2D eigenvalue weighted by molar-refractivity contribution is 7.89. The third-order valence-electron chi connectivity index (χ3n) is 2.83. The number of sulfonamides is 1. The van der Waals surface area contributed by atoms with Gasteiger partial charge in [-0.15, -0.1) is 0 Å². The number of ether oxygens (including phenoxy) is 2. The van der Waals surface area contributed by atoms with Gasteiger partial charge in [-0.1, -0.05) is 19.1 Å². The lowest BCUT2D eigenvalue weighted by atomic mass is 10.3. The highest BCUT2D eigenvalue weighted by Crippen LogP contribution is 2.26. The molecule has 0 N–H and O–H groups in total. The molecule has 0 atom stereocenters. The first-order chi connectivity index (χ1) is 9.47. The summed E-state index contributed by atoms with van der Waals surface area (Å²) in [6.07, 6.45) is 0.0126. The van der Waals surface area contributed by atoms with Gasteiger partial charge in [0.1, 0.15) is 10.6 Å². The number of esters is 1. The fraction of sp³-hybridized carbons (Fsp3) is 0.462. The average molecular weight is 301 g/mol. The largest absolute Gasteiger partial charge is 0.495 e. The van der Waals surface area contributed by atoms with Crippen LogP contribution in [0.5, 0.6) is 5.75 Å². The van der Waals surface area contributed by atoms with Crippen molar-refractivity contribution in [2.75, 3.05) is 27.3 Å². The molecule has 0 spiro atoms. The number of hydrogen-bond donors (Lipinski definition) is 0. The zero-order chi connectivity index (χ0) is 15.2. The van der Waals surface area contributed by atoms with Crippen LogP contribution in [0.3, 0.4) is 0 Å². The van der Waals surface area contributed by atoms with Crippen LogP contribution in [0.25, 0.3) is 0 Å². The van der Waals surface area contributed by atoms with Crippen LogP contribution in [-0.2, 0) is 19.6 Å². The Hall–Kier alpha value is -1.60. The molecule has 0 aliphatic heterocycles. The Bertz CT molecular complexity index is 556. The first-order valence-corrected chi connectivity index (χ1v) is 7.61. The first kappa shape index (κ1) is 16.5. The number of nitrogens with zero attached hydrogens (tertiary/aromatic N) is 1. The Kier molecular flexibility index (Phi) is 5.97. The van der Waals surface area contributed by atoms with E-state index in [1.165, 1.54) is 24.6 Å². The molecule has 0 aliphatic rings. The molecule has 0 fully saturated rings. The molecule has 6 nitrogen and oxygen atoms in total. The van der Waals surface area contributed by atoms with Crippen LogP contribution < -0.4 is 4.74 Å². The van der Waals surface area contributed by atoms with Gasteiger partial charge < -0.3 is 9.47 Å². The molecule has 0 bridgehead atoms. The average Bonchev–Trinajstić information content (AvgIpc) is 2.47. The Morgan fingerprint density at radius 2 is 1.90 bits per heavy atom. The van der Waals surface area contributed by atoms with E-state index < -0.39 is 16.0 Å². The molecule has 0 saturated heterocycles. The molecule has 112 valence electrons. The van der Waals surface area contributed by atoms with Crippen molar-refractivity contribution < 1.29 is 22.7 Å². The summed E-state index contributed by atoms with van der Waals surface area (Å²) >= 11 is 0. The van der Waals surface area contributed by atoms with Gasteiger partial charge in [0.05, 0.1) is 20.6 Å². The predicted octanol–water partition coefficient (Wildman–Crippen LogP) is 1.27. The Morgan fingerprint density at radius 1 is 1.25 bits per heavy atom. The smallest absolute Gasteiger partial charge is 0.306 e. The molecule has 7 heteroatoms. The van der Waals surface area contributed by atoms with Crippen LogP contribution >= 0.6 is 0 Å². The second-order valence-corrected chi connectivity index (χ2v) is 5.88. The van der Waals surface area contributed by atoms with Crippen LogP contribution in [-0.4, -0.2) is 46.0 Å². The lowest BCUT2D eigenvalue weighted by Gasteiger charge is -2.21. The monoisotopic (exact) mass is 301 g/mol. The maximum Gasteiger partial charge on any atom is 0.306 e. The SMILES string of the molecule is CCN(CCC(=O)OC)S(=O)(=O)c1ccccc1OC. The van der Waals surface area contributed by atoms with Gasteiger partial charge in [0.2, 0.25) is 10.0 Å². The molecule has 0 radical (unpaired) electrons. The minimum atomic E-state index is -3.70. The first-order valence-electron chi connectivity index (χ1n) is 6.17. The Balaban J connectivity index is 3.03. The normalized spacial score (nSPS) is 11.4. The third-order valence-corrected chi connectivity index (χ3v) is 4.85. The van der Waals surface area contributed by atoms with Crippen LogP contribution in [0, 0.1) is 0 Å². The number of carbonyl (C=O) groups is 1. The van der Waals surface area contributed by atoms with Gasteiger partial charge in [-0.3, -0.25) is 4.79 Å². The van der Waals surface area contributed by atoms with Crippen molar-refractivity contribution in [3.05, 3.63) is 24.3 Å². The molecular weight excluding hydrogens is 282 g/mol. The Labute approximate surface area is 119 Å². The summed E-state index contributed by atoms with van der Waals surface area (Å²) in [7, 11) is -1.01. The second kappa shape index (κ2) is 7.25. The van der Waals surface area contributed by atoms with E-state index in [1.807, 2.05) is 0 Å². The molecule has 20 heavy (non-hydrogen) atoms. The molecule has 0 unspecified atom stereocenters. The number of para-hydroxylation sites is 1. The number of hydrogen-bond acceptors (Lipinski definition) is 5. The van der Waals surface area contributed by atoms with Crippen molar-refractivity contribution in [1.82, 2.24) is 4.31 Å². The van der Waals surface area contributed by atoms with E-state index >= 15 is 0 Å². The molecule has 0 heterocycles. The fourth-order valence-electron chi connectivity index (χ4n) is 1.74. The maximum absolute atomic E-state index is 12.5. The third kappa shape index (κ3) is 3.71. The van der Waals surface area contributed by atoms with Crippen LogP contribution in [0.4, 0.5) is 0 Å². The van der Waals surface area contributed by atoms with Crippen molar-refractivity contribution >= 4 is 16.0 Å². The lowest BCUT2D eigenvalue weighted by molar-refractivity contribution is -0.140. The number of methoxy groups -OCH3 is 2. The molecule has 1 aromatic carbocycles. The van der Waals surface area contributed by atoms with Gasteiger partial charge in [-0.25, -0.2) is 8.42 Å². The topological polar surface area (TPSA) is 72.9 Å². The van der Waals surface area contributed by atoms with E-state index in [4.69, 9.17) is 4.74 Å². The van der Waals surface area contributed by atoms with E-state index in [9.17, 15) is 13.2 Å². The molecule has 0 amide bonds. The quantitative estimate of drug-likeness (QED) is 0.709. The predicted molar refractivity (Wildman–Crippen MR) is 74.1 cm³/mol. The molecule has 1 rings (SSSR count). The van der Waals surface area contributed by atoms with Gasteiger partial charge in [0.15, 0.2) is 0 Å². The van der Waals surface area contributed by atoms with Gasteiger partial charge >= 0.3 is 5.97 Å². The second-order valence-electron chi connectivity index (χ2n) is 3.97. The number of carbonyl (C=O) groups excluding carboxylic acids is 1. The van der Waals surface area contributed by atoms with Crippen LogP contribution in [0.15, 0.2) is 29.2 Å². The van der Waals surface area contributed by atoms with E-state index in [0.29, 0.717) is 0 Å². The highest BCUT2D eigenvalue weighted by atomic mass is 32.2. The molecule has 0 aromatic heterocycles. The summed E-state index contributed by atoms with van der Waals surface area (Å²) in [6.45, 7) is 2.05. The number of rotatable bonds is 7. The molecule has 1 aromatic rings. The summed E-state index contributed by atoms with van der Waals surface area (Å²) in [5.41, 5.74) is 0.